The number of benzene rings is 2. The van der Waals surface area contributed by atoms with Crippen LogP contribution in [0.2, 0.25) is 0 Å². The Balaban J connectivity index is 1.59. The molecule has 1 amide bonds. The summed E-state index contributed by atoms with van der Waals surface area (Å²) in [5, 5.41) is 13.3. The zero-order valence-corrected chi connectivity index (χ0v) is 17.5. The van der Waals surface area contributed by atoms with Crippen LogP contribution in [0.4, 0.5) is 5.69 Å². The van der Waals surface area contributed by atoms with E-state index in [9.17, 15) is 4.79 Å². The molecule has 0 atom stereocenters. The number of thiazole rings is 1. The minimum atomic E-state index is -0.0972. The molecule has 4 aromatic rings. The molecule has 0 aliphatic carbocycles. The quantitative estimate of drug-likeness (QED) is 0.450. The molecule has 6 nitrogen and oxygen atoms in total. The number of hydrogen-bond donors (Lipinski definition) is 1. The van der Waals surface area contributed by atoms with Crippen molar-refractivity contribution in [1.82, 2.24) is 15.2 Å². The molecule has 0 saturated carbocycles. The molecule has 0 spiro atoms. The molecule has 1 N–H and O–H groups in total. The molecule has 2 aromatic carbocycles. The van der Waals surface area contributed by atoms with Crippen LogP contribution in [0.15, 0.2) is 59.6 Å². The van der Waals surface area contributed by atoms with Gasteiger partial charge in [-0.15, -0.1) is 21.5 Å². The molecule has 0 aliphatic heterocycles. The maximum absolute atomic E-state index is 12.3. The van der Waals surface area contributed by atoms with E-state index in [0.29, 0.717) is 5.03 Å². The van der Waals surface area contributed by atoms with E-state index >= 15 is 0 Å². The van der Waals surface area contributed by atoms with Gasteiger partial charge in [-0.2, -0.15) is 0 Å². The fourth-order valence-corrected chi connectivity index (χ4v) is 4.54. The standard InChI is InChI=1S/C21H18N4O2S2/c1-13-22-19-20(29-13)18(14-7-6-10-16(11-14)27-2)24-25-21(19)28-12-17(26)23-15-8-4-3-5-9-15/h3-11H,12H2,1-2H3,(H,23,26). The number of carbonyl (C=O) groups excluding carboxylic acids is 1. The Labute approximate surface area is 176 Å². The number of aromatic nitrogens is 3. The summed E-state index contributed by atoms with van der Waals surface area (Å²) >= 11 is 2.91. The second kappa shape index (κ2) is 8.59. The van der Waals surface area contributed by atoms with Crippen LogP contribution in [0, 0.1) is 6.92 Å². The Morgan fingerprint density at radius 2 is 1.97 bits per heavy atom. The van der Waals surface area contributed by atoms with Gasteiger partial charge >= 0.3 is 0 Å². The van der Waals surface area contributed by atoms with Crippen LogP contribution in [0.3, 0.4) is 0 Å². The van der Waals surface area contributed by atoms with E-state index in [1.165, 1.54) is 11.8 Å². The number of carbonyl (C=O) groups is 1. The highest BCUT2D eigenvalue weighted by molar-refractivity contribution is 8.00. The van der Waals surface area contributed by atoms with E-state index in [1.54, 1.807) is 18.4 Å². The van der Waals surface area contributed by atoms with Gasteiger partial charge in [-0.3, -0.25) is 4.79 Å². The van der Waals surface area contributed by atoms with Gasteiger partial charge in [0.1, 0.15) is 22.0 Å². The lowest BCUT2D eigenvalue weighted by atomic mass is 10.1. The molecule has 4 rings (SSSR count). The summed E-state index contributed by atoms with van der Waals surface area (Å²) in [4.78, 5) is 16.9. The summed E-state index contributed by atoms with van der Waals surface area (Å²) in [5.74, 6) is 0.892. The molecule has 0 radical (unpaired) electrons. The largest absolute Gasteiger partial charge is 0.497 e. The van der Waals surface area contributed by atoms with E-state index in [1.807, 2.05) is 61.5 Å². The summed E-state index contributed by atoms with van der Waals surface area (Å²) in [6.45, 7) is 1.95. The molecule has 0 fully saturated rings. The van der Waals surface area contributed by atoms with Crippen molar-refractivity contribution >= 4 is 44.9 Å². The van der Waals surface area contributed by atoms with Gasteiger partial charge in [0.15, 0.2) is 0 Å². The Morgan fingerprint density at radius 1 is 1.14 bits per heavy atom. The van der Waals surface area contributed by atoms with Crippen molar-refractivity contribution in [2.45, 2.75) is 11.9 Å². The first-order valence-corrected chi connectivity index (χ1v) is 10.7. The van der Waals surface area contributed by atoms with Crippen molar-refractivity contribution in [3.05, 3.63) is 59.6 Å². The maximum Gasteiger partial charge on any atom is 0.234 e. The van der Waals surface area contributed by atoms with E-state index in [2.05, 4.69) is 20.5 Å². The molecular weight excluding hydrogens is 404 g/mol. The third kappa shape index (κ3) is 4.38. The number of amides is 1. The molecule has 0 aliphatic rings. The summed E-state index contributed by atoms with van der Waals surface area (Å²) in [6, 6.07) is 17.1. The molecule has 2 heterocycles. The molecule has 146 valence electrons. The average molecular weight is 423 g/mol. The smallest absolute Gasteiger partial charge is 0.234 e. The van der Waals surface area contributed by atoms with Gasteiger partial charge in [0.05, 0.1) is 22.6 Å². The van der Waals surface area contributed by atoms with Crippen LogP contribution in [-0.2, 0) is 4.79 Å². The number of para-hydroxylation sites is 1. The minimum Gasteiger partial charge on any atom is -0.497 e. The van der Waals surface area contributed by atoms with Crippen LogP contribution in [0.5, 0.6) is 5.75 Å². The summed E-state index contributed by atoms with van der Waals surface area (Å²) in [7, 11) is 1.64. The van der Waals surface area contributed by atoms with Crippen molar-refractivity contribution in [3.63, 3.8) is 0 Å². The Kier molecular flexibility index (Phi) is 5.73. The number of fused-ring (bicyclic) bond motifs is 1. The summed E-state index contributed by atoms with van der Waals surface area (Å²) < 4.78 is 6.28. The van der Waals surface area contributed by atoms with Gasteiger partial charge in [0.25, 0.3) is 0 Å². The summed E-state index contributed by atoms with van der Waals surface area (Å²) in [6.07, 6.45) is 0. The number of nitrogens with one attached hydrogen (secondary N) is 1. The number of ether oxygens (including phenoxy) is 1. The molecular formula is C21H18N4O2S2. The lowest BCUT2D eigenvalue weighted by Gasteiger charge is -2.07. The molecule has 29 heavy (non-hydrogen) atoms. The topological polar surface area (TPSA) is 77.0 Å². The van der Waals surface area contributed by atoms with E-state index in [4.69, 9.17) is 4.74 Å². The molecule has 0 bridgehead atoms. The Bertz CT molecular complexity index is 1160. The predicted molar refractivity (Wildman–Crippen MR) is 118 cm³/mol. The Hall–Kier alpha value is -2.97. The van der Waals surface area contributed by atoms with Gasteiger partial charge in [0.2, 0.25) is 5.91 Å². The van der Waals surface area contributed by atoms with Crippen LogP contribution < -0.4 is 10.1 Å². The lowest BCUT2D eigenvalue weighted by molar-refractivity contribution is -0.113. The average Bonchev–Trinajstić information content (AvgIpc) is 3.14. The third-order valence-corrected chi connectivity index (χ3v) is 6.07. The monoisotopic (exact) mass is 422 g/mol. The predicted octanol–water partition coefficient (Wildman–Crippen LogP) is 4.80. The van der Waals surface area contributed by atoms with Gasteiger partial charge in [-0.25, -0.2) is 4.98 Å². The lowest BCUT2D eigenvalue weighted by Crippen LogP contribution is -2.14. The van der Waals surface area contributed by atoms with Crippen LogP contribution in [0.1, 0.15) is 5.01 Å². The SMILES string of the molecule is COc1cccc(-c2nnc(SCC(=O)Nc3ccccc3)c3nc(C)sc23)c1. The number of hydrogen-bond acceptors (Lipinski definition) is 7. The second-order valence-corrected chi connectivity index (χ2v) is 8.37. The number of methoxy groups -OCH3 is 1. The highest BCUT2D eigenvalue weighted by Crippen LogP contribution is 2.36. The molecule has 8 heteroatoms. The van der Waals surface area contributed by atoms with Gasteiger partial charge < -0.3 is 10.1 Å². The van der Waals surface area contributed by atoms with Crippen LogP contribution >= 0.6 is 23.1 Å². The van der Waals surface area contributed by atoms with E-state index < -0.39 is 0 Å². The first kappa shape index (κ1) is 19.4. The number of nitrogens with zero attached hydrogens (tertiary/aromatic N) is 3. The van der Waals surface area contributed by atoms with Crippen molar-refractivity contribution < 1.29 is 9.53 Å². The first-order chi connectivity index (χ1) is 14.1. The van der Waals surface area contributed by atoms with Crippen molar-refractivity contribution in [2.75, 3.05) is 18.2 Å². The fourth-order valence-electron chi connectivity index (χ4n) is 2.83. The molecule has 2 aromatic heterocycles. The second-order valence-electron chi connectivity index (χ2n) is 6.20. The van der Waals surface area contributed by atoms with Gasteiger partial charge in [-0.1, -0.05) is 42.1 Å². The van der Waals surface area contributed by atoms with Crippen LogP contribution in [-0.4, -0.2) is 34.0 Å². The maximum atomic E-state index is 12.3. The normalized spacial score (nSPS) is 10.8. The first-order valence-electron chi connectivity index (χ1n) is 8.90. The highest BCUT2D eigenvalue weighted by atomic mass is 32.2. The number of thioether (sulfide) groups is 1. The zero-order valence-electron chi connectivity index (χ0n) is 15.9. The zero-order chi connectivity index (χ0) is 20.2. The molecule has 0 unspecified atom stereocenters. The van der Waals surface area contributed by atoms with E-state index in [0.717, 1.165) is 37.9 Å². The highest BCUT2D eigenvalue weighted by Gasteiger charge is 2.17. The summed E-state index contributed by atoms with van der Waals surface area (Å²) in [5.41, 5.74) is 3.23. The van der Waals surface area contributed by atoms with Gasteiger partial charge in [-0.05, 0) is 31.2 Å². The fraction of sp³-hybridized carbons (Fsp3) is 0.143. The number of anilines is 1. The van der Waals surface area contributed by atoms with Crippen LogP contribution in [0.25, 0.3) is 21.5 Å². The Morgan fingerprint density at radius 3 is 2.76 bits per heavy atom. The number of rotatable bonds is 6. The van der Waals surface area contributed by atoms with E-state index in [-0.39, 0.29) is 11.7 Å². The van der Waals surface area contributed by atoms with Crippen molar-refractivity contribution in [1.29, 1.82) is 0 Å². The third-order valence-electron chi connectivity index (χ3n) is 4.13. The minimum absolute atomic E-state index is 0.0972. The molecule has 0 saturated heterocycles. The van der Waals surface area contributed by atoms with Gasteiger partial charge in [0, 0.05) is 11.3 Å². The number of aryl methyl sites for hydroxylation is 1. The van der Waals surface area contributed by atoms with Crippen molar-refractivity contribution in [2.24, 2.45) is 0 Å². The van der Waals surface area contributed by atoms with Crippen molar-refractivity contribution in [3.8, 4) is 17.0 Å².